The number of alkyl carbamates (subject to hydrolysis) is 1. The summed E-state index contributed by atoms with van der Waals surface area (Å²) in [4.78, 5) is 10.7. The quantitative estimate of drug-likeness (QED) is 0.364. The Hall–Kier alpha value is -0.593. The molecule has 0 aromatic rings. The Morgan fingerprint density at radius 2 is 1.76 bits per heavy atom. The summed E-state index contributed by atoms with van der Waals surface area (Å²) in [5.74, 6) is 0.0657. The molecule has 1 N–H and O–H groups in total. The lowest BCUT2D eigenvalue weighted by molar-refractivity contribution is -0.0441. The van der Waals surface area contributed by atoms with Gasteiger partial charge in [-0.25, -0.2) is 4.79 Å². The molecule has 0 saturated carbocycles. The van der Waals surface area contributed by atoms with E-state index in [4.69, 9.17) is 9.47 Å². The van der Waals surface area contributed by atoms with Crippen molar-refractivity contribution in [3.05, 3.63) is 0 Å². The van der Waals surface area contributed by atoms with E-state index in [1.54, 1.807) is 14.2 Å². The molecule has 6 heteroatoms. The van der Waals surface area contributed by atoms with Crippen LogP contribution in [-0.2, 0) is 14.2 Å². The van der Waals surface area contributed by atoms with Crippen LogP contribution in [0.3, 0.4) is 0 Å². The van der Waals surface area contributed by atoms with Gasteiger partial charge in [0.15, 0.2) is 0 Å². The first-order chi connectivity index (χ1) is 8.24. The van der Waals surface area contributed by atoms with E-state index in [0.29, 0.717) is 6.54 Å². The van der Waals surface area contributed by atoms with Crippen LogP contribution in [0.25, 0.3) is 0 Å². The number of nitrogens with one attached hydrogen (secondary N) is 1. The summed E-state index contributed by atoms with van der Waals surface area (Å²) >= 11 is 0. The number of unbranched alkanes of at least 4 members (excludes halogenated alkanes) is 3. The SMILES string of the molecule is COC(=O)NCCCCCC[SiH2]C(OC)OC. The number of hydrogen-bond acceptors (Lipinski definition) is 4. The van der Waals surface area contributed by atoms with Crippen LogP contribution in [0.4, 0.5) is 4.79 Å². The smallest absolute Gasteiger partial charge is 0.406 e. The molecule has 102 valence electrons. The lowest BCUT2D eigenvalue weighted by Crippen LogP contribution is -2.23. The first-order valence-corrected chi connectivity index (χ1v) is 7.93. The van der Waals surface area contributed by atoms with E-state index in [0.717, 1.165) is 12.8 Å². The van der Waals surface area contributed by atoms with Gasteiger partial charge >= 0.3 is 6.09 Å². The van der Waals surface area contributed by atoms with Crippen LogP contribution < -0.4 is 5.32 Å². The lowest BCUT2D eigenvalue weighted by Gasteiger charge is -2.12. The summed E-state index contributed by atoms with van der Waals surface area (Å²) in [5.41, 5.74) is 0. The number of carbonyl (C=O) groups is 1. The van der Waals surface area contributed by atoms with Gasteiger partial charge in [0.25, 0.3) is 0 Å². The molecular formula is C11H25NO4Si. The van der Waals surface area contributed by atoms with Crippen molar-refractivity contribution in [3.63, 3.8) is 0 Å². The number of methoxy groups -OCH3 is 3. The Morgan fingerprint density at radius 3 is 2.35 bits per heavy atom. The van der Waals surface area contributed by atoms with Gasteiger partial charge in [-0.15, -0.1) is 0 Å². The van der Waals surface area contributed by atoms with E-state index in [1.807, 2.05) is 0 Å². The number of ether oxygens (including phenoxy) is 3. The van der Waals surface area contributed by atoms with Gasteiger partial charge in [-0.05, 0) is 6.42 Å². The van der Waals surface area contributed by atoms with E-state index in [9.17, 15) is 4.79 Å². The summed E-state index contributed by atoms with van der Waals surface area (Å²) in [5, 5.41) is 2.67. The van der Waals surface area contributed by atoms with Gasteiger partial charge in [0.1, 0.15) is 5.91 Å². The molecule has 0 spiro atoms. The minimum Gasteiger partial charge on any atom is -0.453 e. The molecule has 0 aromatic heterocycles. The fourth-order valence-corrected chi connectivity index (χ4v) is 3.01. The maximum atomic E-state index is 10.7. The molecule has 0 rings (SSSR count). The highest BCUT2D eigenvalue weighted by molar-refractivity contribution is 6.36. The van der Waals surface area contributed by atoms with Crippen molar-refractivity contribution in [2.24, 2.45) is 0 Å². The molecule has 0 radical (unpaired) electrons. The summed E-state index contributed by atoms with van der Waals surface area (Å²) in [6, 6.07) is 1.25. The van der Waals surface area contributed by atoms with Gasteiger partial charge in [-0.1, -0.05) is 25.3 Å². The summed E-state index contributed by atoms with van der Waals surface area (Å²) in [6.45, 7) is 0.697. The van der Waals surface area contributed by atoms with E-state index in [-0.39, 0.29) is 21.5 Å². The Morgan fingerprint density at radius 1 is 1.12 bits per heavy atom. The van der Waals surface area contributed by atoms with Crippen molar-refractivity contribution in [2.45, 2.75) is 37.6 Å². The molecule has 1 amide bonds. The van der Waals surface area contributed by atoms with E-state index >= 15 is 0 Å². The molecule has 0 bridgehead atoms. The second-order valence-electron chi connectivity index (χ2n) is 3.88. The summed E-state index contributed by atoms with van der Waals surface area (Å²) in [6.07, 6.45) is 4.24. The first-order valence-electron chi connectivity index (χ1n) is 6.12. The average Bonchev–Trinajstić information content (AvgIpc) is 2.36. The van der Waals surface area contributed by atoms with Crippen molar-refractivity contribution >= 4 is 15.6 Å². The van der Waals surface area contributed by atoms with Gasteiger partial charge in [0.05, 0.1) is 16.6 Å². The highest BCUT2D eigenvalue weighted by Crippen LogP contribution is 2.04. The first kappa shape index (κ1) is 16.4. The van der Waals surface area contributed by atoms with Crippen LogP contribution in [0.15, 0.2) is 0 Å². The number of hydrogen-bond donors (Lipinski definition) is 1. The lowest BCUT2D eigenvalue weighted by atomic mass is 10.2. The van der Waals surface area contributed by atoms with Crippen LogP contribution in [0.1, 0.15) is 25.7 Å². The van der Waals surface area contributed by atoms with Crippen LogP contribution >= 0.6 is 0 Å². The van der Waals surface area contributed by atoms with Crippen molar-refractivity contribution < 1.29 is 19.0 Å². The predicted octanol–water partition coefficient (Wildman–Crippen LogP) is 1.07. The van der Waals surface area contributed by atoms with Crippen LogP contribution in [0, 0.1) is 0 Å². The third-order valence-corrected chi connectivity index (χ3v) is 4.64. The molecule has 0 atom stereocenters. The fraction of sp³-hybridized carbons (Fsp3) is 0.909. The Kier molecular flexibility index (Phi) is 11.5. The molecule has 17 heavy (non-hydrogen) atoms. The summed E-state index contributed by atoms with van der Waals surface area (Å²) < 4.78 is 14.8. The molecule has 5 nitrogen and oxygen atoms in total. The zero-order valence-electron chi connectivity index (χ0n) is 11.2. The van der Waals surface area contributed by atoms with E-state index in [2.05, 4.69) is 10.1 Å². The molecule has 0 aliphatic heterocycles. The van der Waals surface area contributed by atoms with E-state index < -0.39 is 0 Å². The molecule has 0 aliphatic carbocycles. The Bertz CT molecular complexity index is 188. The normalized spacial score (nSPS) is 11.3. The van der Waals surface area contributed by atoms with Gasteiger partial charge in [-0.3, -0.25) is 0 Å². The topological polar surface area (TPSA) is 56.8 Å². The predicted molar refractivity (Wildman–Crippen MR) is 70.0 cm³/mol. The zero-order chi connectivity index (χ0) is 12.9. The monoisotopic (exact) mass is 263 g/mol. The molecular weight excluding hydrogens is 238 g/mol. The van der Waals surface area contributed by atoms with Crippen molar-refractivity contribution in [1.82, 2.24) is 5.32 Å². The minimum atomic E-state index is -0.347. The molecule has 0 unspecified atom stereocenters. The largest absolute Gasteiger partial charge is 0.453 e. The van der Waals surface area contributed by atoms with Gasteiger partial charge in [0.2, 0.25) is 0 Å². The molecule has 0 aromatic carbocycles. The molecule has 0 fully saturated rings. The fourth-order valence-electron chi connectivity index (χ4n) is 1.56. The van der Waals surface area contributed by atoms with E-state index in [1.165, 1.54) is 26.0 Å². The minimum absolute atomic E-state index is 0.0657. The standard InChI is InChI=1S/C11H25NO4Si/c1-14-10(13)12-8-6-4-5-7-9-17-11(15-2)16-3/h11H,4-9,17H2,1-3H3,(H,12,13). The van der Waals surface area contributed by atoms with Crippen molar-refractivity contribution in [1.29, 1.82) is 0 Å². The van der Waals surface area contributed by atoms with Gasteiger partial charge < -0.3 is 19.5 Å². The van der Waals surface area contributed by atoms with Crippen LogP contribution in [0.5, 0.6) is 0 Å². The number of rotatable bonds is 10. The summed E-state index contributed by atoms with van der Waals surface area (Å²) in [7, 11) is 4.50. The Labute approximate surface area is 106 Å². The molecule has 0 aliphatic rings. The number of carbonyl (C=O) groups excluding carboxylic acids is 1. The van der Waals surface area contributed by atoms with Crippen LogP contribution in [-0.4, -0.2) is 49.4 Å². The van der Waals surface area contributed by atoms with Crippen molar-refractivity contribution in [2.75, 3.05) is 27.9 Å². The zero-order valence-corrected chi connectivity index (χ0v) is 12.6. The Balaban J connectivity index is 3.16. The maximum absolute atomic E-state index is 10.7. The molecule has 0 heterocycles. The number of amides is 1. The third-order valence-electron chi connectivity index (χ3n) is 2.60. The second-order valence-corrected chi connectivity index (χ2v) is 5.83. The average molecular weight is 263 g/mol. The molecule has 0 saturated heterocycles. The van der Waals surface area contributed by atoms with Crippen molar-refractivity contribution in [3.8, 4) is 0 Å². The van der Waals surface area contributed by atoms with Gasteiger partial charge in [-0.2, -0.15) is 0 Å². The highest BCUT2D eigenvalue weighted by Gasteiger charge is 2.04. The second kappa shape index (κ2) is 11.9. The third kappa shape index (κ3) is 10.3. The highest BCUT2D eigenvalue weighted by atomic mass is 28.2. The van der Waals surface area contributed by atoms with Crippen LogP contribution in [0.2, 0.25) is 6.04 Å². The maximum Gasteiger partial charge on any atom is 0.406 e. The van der Waals surface area contributed by atoms with Gasteiger partial charge in [0, 0.05) is 20.8 Å².